The van der Waals surface area contributed by atoms with E-state index in [2.05, 4.69) is 49.5 Å². The molecular formula is C25H35N9O8S. The summed E-state index contributed by atoms with van der Waals surface area (Å²) in [5.41, 5.74) is 10.9. The van der Waals surface area contributed by atoms with Crippen LogP contribution < -0.4 is 43.4 Å². The fourth-order valence-corrected chi connectivity index (χ4v) is 4.08. The van der Waals surface area contributed by atoms with Crippen LogP contribution in [0, 0.1) is 0 Å². The van der Waals surface area contributed by atoms with Gasteiger partial charge >= 0.3 is 5.97 Å². The van der Waals surface area contributed by atoms with E-state index >= 15 is 0 Å². The second-order valence-electron chi connectivity index (χ2n) is 9.32. The van der Waals surface area contributed by atoms with E-state index in [1.54, 1.807) is 30.3 Å². The highest BCUT2D eigenvalue weighted by Gasteiger charge is 2.31. The van der Waals surface area contributed by atoms with E-state index < -0.39 is 85.1 Å². The average Bonchev–Trinajstić information content (AvgIpc) is 2.97. The van der Waals surface area contributed by atoms with Gasteiger partial charge in [0.2, 0.25) is 35.4 Å². The number of hydrogen-bond acceptors (Lipinski definition) is 9. The van der Waals surface area contributed by atoms with E-state index in [0.29, 0.717) is 5.56 Å². The normalized spacial score (nSPS) is 23.0. The van der Waals surface area contributed by atoms with E-state index in [4.69, 9.17) is 11.5 Å². The number of rotatable bonds is 7. The number of nitrogens with zero attached hydrogens (tertiary/aromatic N) is 1. The monoisotopic (exact) mass is 621 g/mol. The number of carboxylic acids is 1. The molecule has 1 unspecified atom stereocenters. The van der Waals surface area contributed by atoms with Gasteiger partial charge in [-0.3, -0.25) is 33.8 Å². The number of carbonyl (C=O) groups excluding carboxylic acids is 6. The number of guanidine groups is 1. The molecule has 1 aliphatic heterocycles. The summed E-state index contributed by atoms with van der Waals surface area (Å²) in [7, 11) is 0. The molecule has 234 valence electrons. The molecular weight excluding hydrogens is 586 g/mol. The summed E-state index contributed by atoms with van der Waals surface area (Å²) in [6, 6.07) is 2.47. The molecule has 11 N–H and O–H groups in total. The number of aliphatic carboxylic acids is 1. The Morgan fingerprint density at radius 2 is 1.49 bits per heavy atom. The van der Waals surface area contributed by atoms with Crippen molar-refractivity contribution < 1.29 is 38.7 Å². The lowest BCUT2D eigenvalue weighted by Gasteiger charge is -2.24. The number of carboxylic acid groups (broad SMARTS) is 1. The van der Waals surface area contributed by atoms with Crippen molar-refractivity contribution in [3.63, 3.8) is 0 Å². The summed E-state index contributed by atoms with van der Waals surface area (Å²) >= 11 is 4.07. The maximum Gasteiger partial charge on any atom is 0.326 e. The molecule has 1 saturated heterocycles. The molecule has 4 atom stereocenters. The summed E-state index contributed by atoms with van der Waals surface area (Å²) in [4.78, 5) is 92.3. The molecule has 6 amide bonds. The minimum absolute atomic E-state index is 0.0528. The standard InChI is InChI=1S/C25H35N9O8S/c26-25(27)28-8-4-7-14-21(38)30-11-19(37)34-20(13-5-2-1-3-6-13)23(40)33-16(12-43)22(39)32-15(24(41)42)9-17(35)29-10-18(36)31-14/h1-3,5-6,14-16,20,43H,4,7-12H2,(H,29,35)(H,30,38)(H,31,36)(H,32,39)(H,33,40)(H,34,37)(H,41,42)(H4,26,27,28)/t14-,15-,16-,20?/m0/s1. The van der Waals surface area contributed by atoms with Gasteiger partial charge in [-0.15, -0.1) is 0 Å². The van der Waals surface area contributed by atoms with Gasteiger partial charge < -0.3 is 48.5 Å². The zero-order valence-corrected chi connectivity index (χ0v) is 23.9. The first-order chi connectivity index (χ1) is 20.4. The summed E-state index contributed by atoms with van der Waals surface area (Å²) in [5, 5.41) is 23.7. The Balaban J connectivity index is 2.36. The summed E-state index contributed by atoms with van der Waals surface area (Å²) < 4.78 is 0. The van der Waals surface area contributed by atoms with Gasteiger partial charge in [-0.1, -0.05) is 30.3 Å². The molecule has 0 bridgehead atoms. The first-order valence-corrected chi connectivity index (χ1v) is 13.7. The molecule has 0 radical (unpaired) electrons. The lowest BCUT2D eigenvalue weighted by molar-refractivity contribution is -0.144. The van der Waals surface area contributed by atoms with Gasteiger partial charge in [0.1, 0.15) is 24.2 Å². The van der Waals surface area contributed by atoms with Gasteiger partial charge in [0.25, 0.3) is 0 Å². The van der Waals surface area contributed by atoms with Gasteiger partial charge in [0.05, 0.1) is 19.5 Å². The van der Waals surface area contributed by atoms with E-state index in [9.17, 15) is 38.7 Å². The van der Waals surface area contributed by atoms with Crippen molar-refractivity contribution in [1.29, 1.82) is 0 Å². The van der Waals surface area contributed by atoms with Crippen LogP contribution in [0.1, 0.15) is 30.9 Å². The maximum atomic E-state index is 13.2. The van der Waals surface area contributed by atoms with Crippen LogP contribution >= 0.6 is 12.6 Å². The van der Waals surface area contributed by atoms with Gasteiger partial charge in [-0.2, -0.15) is 12.6 Å². The molecule has 0 spiro atoms. The Bertz CT molecular complexity index is 1230. The largest absolute Gasteiger partial charge is 0.480 e. The molecule has 1 fully saturated rings. The van der Waals surface area contributed by atoms with Crippen molar-refractivity contribution >= 4 is 60.0 Å². The minimum Gasteiger partial charge on any atom is -0.480 e. The van der Waals surface area contributed by atoms with Crippen molar-refractivity contribution in [2.75, 3.05) is 25.4 Å². The number of carbonyl (C=O) groups is 7. The summed E-state index contributed by atoms with van der Waals surface area (Å²) in [6.07, 6.45) is -0.429. The van der Waals surface area contributed by atoms with Crippen LogP contribution in [-0.2, 0) is 33.6 Å². The topological polar surface area (TPSA) is 276 Å². The fraction of sp³-hybridized carbons (Fsp3) is 0.440. The number of hydrogen-bond donors (Lipinski definition) is 10. The number of benzene rings is 1. The highest BCUT2D eigenvalue weighted by Crippen LogP contribution is 2.13. The molecule has 43 heavy (non-hydrogen) atoms. The van der Waals surface area contributed by atoms with E-state index in [-0.39, 0.29) is 31.1 Å². The van der Waals surface area contributed by atoms with Gasteiger partial charge in [-0.05, 0) is 18.4 Å². The highest BCUT2D eigenvalue weighted by atomic mass is 32.1. The first kappa shape index (κ1) is 34.3. The van der Waals surface area contributed by atoms with Crippen molar-refractivity contribution in [2.24, 2.45) is 16.5 Å². The third-order valence-electron chi connectivity index (χ3n) is 5.99. The van der Waals surface area contributed by atoms with Crippen molar-refractivity contribution in [1.82, 2.24) is 31.9 Å². The zero-order chi connectivity index (χ0) is 31.9. The molecule has 1 aromatic carbocycles. The molecule has 18 heteroatoms. The number of nitrogens with two attached hydrogens (primary N) is 2. The Hall–Kier alpha value is -4.87. The van der Waals surface area contributed by atoms with E-state index in [0.717, 1.165) is 0 Å². The number of amides is 6. The Morgan fingerprint density at radius 1 is 0.837 bits per heavy atom. The van der Waals surface area contributed by atoms with Crippen molar-refractivity contribution in [2.45, 2.75) is 43.4 Å². The zero-order valence-electron chi connectivity index (χ0n) is 23.0. The van der Waals surface area contributed by atoms with Crippen LogP contribution in [0.3, 0.4) is 0 Å². The third-order valence-corrected chi connectivity index (χ3v) is 6.35. The smallest absolute Gasteiger partial charge is 0.326 e. The van der Waals surface area contributed by atoms with Crippen LogP contribution in [0.2, 0.25) is 0 Å². The quantitative estimate of drug-likeness (QED) is 0.0610. The lowest BCUT2D eigenvalue weighted by atomic mass is 10.1. The molecule has 1 aliphatic rings. The minimum atomic E-state index is -1.71. The Labute approximate surface area is 251 Å². The van der Waals surface area contributed by atoms with E-state index in [1.807, 2.05) is 0 Å². The first-order valence-electron chi connectivity index (χ1n) is 13.1. The van der Waals surface area contributed by atoms with Crippen LogP contribution in [-0.4, -0.2) is 96.0 Å². The van der Waals surface area contributed by atoms with Crippen LogP contribution in [0.15, 0.2) is 35.3 Å². The van der Waals surface area contributed by atoms with Gasteiger partial charge in [-0.25, -0.2) is 4.79 Å². The molecule has 0 aliphatic carbocycles. The van der Waals surface area contributed by atoms with Gasteiger partial charge in [0, 0.05) is 12.3 Å². The molecule has 0 saturated carbocycles. The molecule has 1 heterocycles. The van der Waals surface area contributed by atoms with E-state index in [1.165, 1.54) is 0 Å². The SMILES string of the molecule is NC(N)=NCCC[C@@H]1NC(=O)CNC(=O)C[C@@H](C(=O)O)NC(=O)[C@H](CS)NC(=O)C(c2ccccc2)NC(=O)CNC1=O. The predicted octanol–water partition coefficient (Wildman–Crippen LogP) is -4.00. The van der Waals surface area contributed by atoms with Crippen LogP contribution in [0.4, 0.5) is 0 Å². The highest BCUT2D eigenvalue weighted by molar-refractivity contribution is 7.80. The second kappa shape index (κ2) is 17.2. The Morgan fingerprint density at radius 3 is 2.12 bits per heavy atom. The van der Waals surface area contributed by atoms with Crippen LogP contribution in [0.25, 0.3) is 0 Å². The predicted molar refractivity (Wildman–Crippen MR) is 155 cm³/mol. The van der Waals surface area contributed by atoms with Gasteiger partial charge in [0.15, 0.2) is 5.96 Å². The van der Waals surface area contributed by atoms with Crippen molar-refractivity contribution in [3.05, 3.63) is 35.9 Å². The molecule has 1 aromatic rings. The summed E-state index contributed by atoms with van der Waals surface area (Å²) in [5.74, 6) is -6.94. The summed E-state index contributed by atoms with van der Waals surface area (Å²) in [6.45, 7) is -1.06. The average molecular weight is 622 g/mol. The molecule has 2 rings (SSSR count). The number of aliphatic imine (C=N–C) groups is 1. The molecule has 17 nitrogen and oxygen atoms in total. The Kier molecular flexibility index (Phi) is 13.7. The second-order valence-corrected chi connectivity index (χ2v) is 9.69. The fourth-order valence-electron chi connectivity index (χ4n) is 3.82. The third kappa shape index (κ3) is 11.9. The number of nitrogens with one attached hydrogen (secondary N) is 6. The van der Waals surface area contributed by atoms with Crippen molar-refractivity contribution in [3.8, 4) is 0 Å². The molecule has 0 aromatic heterocycles. The maximum absolute atomic E-state index is 13.2. The van der Waals surface area contributed by atoms with Crippen LogP contribution in [0.5, 0.6) is 0 Å². The number of thiol groups is 1. The lowest BCUT2D eigenvalue weighted by Crippen LogP contribution is -2.55.